The molecule has 0 aliphatic heterocycles. The SMILES string of the molecule is O=C(c1ccccc1)c1oc2ccccc2c1C[S@](=O)c1ccccc1. The zero-order valence-electron chi connectivity index (χ0n) is 13.9. The molecule has 4 aromatic rings. The first-order valence-corrected chi connectivity index (χ1v) is 9.59. The summed E-state index contributed by atoms with van der Waals surface area (Å²) in [6.07, 6.45) is 0. The number of furan rings is 1. The monoisotopic (exact) mass is 360 g/mol. The Morgan fingerprint density at radius 3 is 2.15 bits per heavy atom. The van der Waals surface area contributed by atoms with E-state index in [1.165, 1.54) is 0 Å². The molecule has 0 fully saturated rings. The van der Waals surface area contributed by atoms with Gasteiger partial charge in [0.1, 0.15) is 5.58 Å². The Morgan fingerprint density at radius 1 is 0.808 bits per heavy atom. The molecule has 0 N–H and O–H groups in total. The largest absolute Gasteiger partial charge is 0.452 e. The van der Waals surface area contributed by atoms with Crippen molar-refractivity contribution in [2.75, 3.05) is 0 Å². The van der Waals surface area contributed by atoms with Crippen molar-refractivity contribution in [2.45, 2.75) is 10.6 Å². The van der Waals surface area contributed by atoms with Crippen LogP contribution >= 0.6 is 0 Å². The number of fused-ring (bicyclic) bond motifs is 1. The smallest absolute Gasteiger partial charge is 0.228 e. The summed E-state index contributed by atoms with van der Waals surface area (Å²) in [5, 5.41) is 0.830. The number of carbonyl (C=O) groups is 1. The van der Waals surface area contributed by atoms with Gasteiger partial charge in [-0.05, 0) is 18.2 Å². The van der Waals surface area contributed by atoms with Crippen LogP contribution in [0.3, 0.4) is 0 Å². The van der Waals surface area contributed by atoms with Gasteiger partial charge in [0.2, 0.25) is 5.78 Å². The highest BCUT2D eigenvalue weighted by Crippen LogP contribution is 2.30. The minimum Gasteiger partial charge on any atom is -0.452 e. The van der Waals surface area contributed by atoms with E-state index in [-0.39, 0.29) is 17.3 Å². The van der Waals surface area contributed by atoms with Crippen LogP contribution in [0.15, 0.2) is 94.2 Å². The molecule has 1 aromatic heterocycles. The first kappa shape index (κ1) is 16.5. The van der Waals surface area contributed by atoms with E-state index in [1.807, 2.05) is 72.8 Å². The lowest BCUT2D eigenvalue weighted by Crippen LogP contribution is -2.05. The van der Waals surface area contributed by atoms with Crippen molar-refractivity contribution in [3.05, 3.63) is 102 Å². The maximum atomic E-state index is 13.0. The summed E-state index contributed by atoms with van der Waals surface area (Å²) in [7, 11) is -1.26. The molecule has 0 unspecified atom stereocenters. The fraction of sp³-hybridized carbons (Fsp3) is 0.0455. The van der Waals surface area contributed by atoms with Crippen LogP contribution in [0.4, 0.5) is 0 Å². The molecule has 3 aromatic carbocycles. The van der Waals surface area contributed by atoms with Crippen LogP contribution in [-0.2, 0) is 16.6 Å². The third-order valence-corrected chi connectivity index (χ3v) is 5.57. The van der Waals surface area contributed by atoms with Crippen LogP contribution < -0.4 is 0 Å². The minimum atomic E-state index is -1.26. The van der Waals surface area contributed by atoms with Crippen molar-refractivity contribution < 1.29 is 13.4 Å². The summed E-state index contributed by atoms with van der Waals surface area (Å²) in [6, 6.07) is 25.8. The number of hydrogen-bond acceptors (Lipinski definition) is 3. The van der Waals surface area contributed by atoms with E-state index in [0.717, 1.165) is 10.3 Å². The first-order valence-electron chi connectivity index (χ1n) is 8.27. The molecule has 128 valence electrons. The van der Waals surface area contributed by atoms with Crippen molar-refractivity contribution in [1.82, 2.24) is 0 Å². The zero-order valence-corrected chi connectivity index (χ0v) is 14.7. The summed E-state index contributed by atoms with van der Waals surface area (Å²) in [5.74, 6) is 0.304. The molecule has 4 rings (SSSR count). The molecule has 0 radical (unpaired) electrons. The lowest BCUT2D eigenvalue weighted by Gasteiger charge is -2.04. The Balaban J connectivity index is 1.80. The van der Waals surface area contributed by atoms with Gasteiger partial charge in [-0.3, -0.25) is 9.00 Å². The summed E-state index contributed by atoms with van der Waals surface area (Å²) in [5.41, 5.74) is 1.88. The molecule has 1 atom stereocenters. The molecule has 0 amide bonds. The van der Waals surface area contributed by atoms with Gasteiger partial charge in [-0.25, -0.2) is 0 Å². The molecule has 1 heterocycles. The second-order valence-corrected chi connectivity index (χ2v) is 7.36. The number of benzene rings is 3. The molecule has 4 heteroatoms. The van der Waals surface area contributed by atoms with Crippen molar-refractivity contribution in [3.8, 4) is 0 Å². The highest BCUT2D eigenvalue weighted by atomic mass is 32.2. The minimum absolute atomic E-state index is 0.193. The molecule has 0 aliphatic carbocycles. The summed E-state index contributed by atoms with van der Waals surface area (Å²) >= 11 is 0. The van der Waals surface area contributed by atoms with Crippen LogP contribution in [0, 0.1) is 0 Å². The van der Waals surface area contributed by atoms with Crippen LogP contribution in [0.5, 0.6) is 0 Å². The van der Waals surface area contributed by atoms with Crippen molar-refractivity contribution in [2.24, 2.45) is 0 Å². The maximum Gasteiger partial charge on any atom is 0.228 e. The zero-order chi connectivity index (χ0) is 17.9. The Hall–Kier alpha value is -2.98. The number of hydrogen-bond donors (Lipinski definition) is 0. The van der Waals surface area contributed by atoms with Gasteiger partial charge in [0.15, 0.2) is 5.76 Å². The predicted molar refractivity (Wildman–Crippen MR) is 103 cm³/mol. The molecule has 26 heavy (non-hydrogen) atoms. The molecule has 0 spiro atoms. The Morgan fingerprint density at radius 2 is 1.42 bits per heavy atom. The van der Waals surface area contributed by atoms with E-state index in [2.05, 4.69) is 0 Å². The maximum absolute atomic E-state index is 13.0. The van der Waals surface area contributed by atoms with Gasteiger partial charge >= 0.3 is 0 Å². The fourth-order valence-corrected chi connectivity index (χ4v) is 4.11. The Labute approximate surface area is 153 Å². The molecule has 0 saturated heterocycles. The number of rotatable bonds is 5. The third-order valence-electron chi connectivity index (χ3n) is 4.22. The van der Waals surface area contributed by atoms with E-state index in [0.29, 0.717) is 16.7 Å². The standard InChI is InChI=1S/C22H16O3S/c23-21(16-9-3-1-4-10-16)22-19(18-13-7-8-14-20(18)25-22)15-26(24)17-11-5-2-6-12-17/h1-14H,15H2/t26-/m0/s1. The molecule has 3 nitrogen and oxygen atoms in total. The number of carbonyl (C=O) groups excluding carboxylic acids is 1. The van der Waals surface area contributed by atoms with Gasteiger partial charge in [-0.1, -0.05) is 66.7 Å². The van der Waals surface area contributed by atoms with Gasteiger partial charge in [-0.2, -0.15) is 0 Å². The van der Waals surface area contributed by atoms with Gasteiger partial charge in [0.05, 0.1) is 16.6 Å². The molecule has 0 bridgehead atoms. The first-order chi connectivity index (χ1) is 12.7. The Kier molecular flexibility index (Phi) is 4.50. The lowest BCUT2D eigenvalue weighted by atomic mass is 10.0. The quantitative estimate of drug-likeness (QED) is 0.472. The topological polar surface area (TPSA) is 47.3 Å². The van der Waals surface area contributed by atoms with Gasteiger partial charge in [0, 0.05) is 21.4 Å². The number of para-hydroxylation sites is 1. The normalized spacial score (nSPS) is 12.2. The van der Waals surface area contributed by atoms with Crippen LogP contribution in [0.25, 0.3) is 11.0 Å². The fourth-order valence-electron chi connectivity index (χ4n) is 2.93. The molecular weight excluding hydrogens is 344 g/mol. The van der Waals surface area contributed by atoms with Crippen LogP contribution in [0.1, 0.15) is 21.7 Å². The van der Waals surface area contributed by atoms with Crippen LogP contribution in [-0.4, -0.2) is 9.99 Å². The highest BCUT2D eigenvalue weighted by molar-refractivity contribution is 7.84. The molecule has 0 saturated carbocycles. The average molecular weight is 360 g/mol. The van der Waals surface area contributed by atoms with Gasteiger partial charge in [0.25, 0.3) is 0 Å². The van der Waals surface area contributed by atoms with Gasteiger partial charge in [-0.15, -0.1) is 0 Å². The van der Waals surface area contributed by atoms with E-state index >= 15 is 0 Å². The Bertz CT molecular complexity index is 1080. The average Bonchev–Trinajstić information content (AvgIpc) is 3.07. The van der Waals surface area contributed by atoms with Gasteiger partial charge < -0.3 is 4.42 Å². The van der Waals surface area contributed by atoms with Crippen LogP contribution in [0.2, 0.25) is 0 Å². The predicted octanol–water partition coefficient (Wildman–Crippen LogP) is 4.97. The van der Waals surface area contributed by atoms with E-state index in [1.54, 1.807) is 12.1 Å². The second-order valence-electron chi connectivity index (χ2n) is 5.90. The van der Waals surface area contributed by atoms with E-state index in [4.69, 9.17) is 4.42 Å². The lowest BCUT2D eigenvalue weighted by molar-refractivity contribution is 0.101. The number of ketones is 1. The van der Waals surface area contributed by atoms with Crippen molar-refractivity contribution in [1.29, 1.82) is 0 Å². The van der Waals surface area contributed by atoms with E-state index < -0.39 is 10.8 Å². The third kappa shape index (κ3) is 3.11. The molecule has 0 aliphatic rings. The summed E-state index contributed by atoms with van der Waals surface area (Å²) in [6.45, 7) is 0. The summed E-state index contributed by atoms with van der Waals surface area (Å²) in [4.78, 5) is 13.7. The second kappa shape index (κ2) is 7.10. The van der Waals surface area contributed by atoms with Crippen molar-refractivity contribution in [3.63, 3.8) is 0 Å². The highest BCUT2D eigenvalue weighted by Gasteiger charge is 2.23. The molecular formula is C22H16O3S. The van der Waals surface area contributed by atoms with E-state index in [9.17, 15) is 9.00 Å². The van der Waals surface area contributed by atoms with Crippen molar-refractivity contribution >= 4 is 27.6 Å². The summed E-state index contributed by atoms with van der Waals surface area (Å²) < 4.78 is 18.7.